The molecule has 0 saturated carbocycles. The number of hydrogen-bond acceptors (Lipinski definition) is 5. The van der Waals surface area contributed by atoms with Crippen LogP contribution in [0.2, 0.25) is 0 Å². The fraction of sp³-hybridized carbons (Fsp3) is 0.240. The van der Waals surface area contributed by atoms with Crippen molar-refractivity contribution in [3.8, 4) is 17.2 Å². The number of benzene rings is 3. The van der Waals surface area contributed by atoms with E-state index in [4.69, 9.17) is 14.5 Å². The van der Waals surface area contributed by atoms with Crippen LogP contribution in [-0.4, -0.2) is 24.5 Å². The smallest absolute Gasteiger partial charge is 0.162 e. The van der Waals surface area contributed by atoms with E-state index in [9.17, 15) is 9.50 Å². The summed E-state index contributed by atoms with van der Waals surface area (Å²) < 4.78 is 25.1. The van der Waals surface area contributed by atoms with Crippen LogP contribution in [0.1, 0.15) is 42.2 Å². The molecule has 0 aromatic heterocycles. The number of nitrogens with one attached hydrogen (secondary N) is 1. The summed E-state index contributed by atoms with van der Waals surface area (Å²) in [5, 5.41) is 14.4. The Morgan fingerprint density at radius 3 is 2.62 bits per heavy atom. The Labute approximate surface area is 195 Å². The van der Waals surface area contributed by atoms with Gasteiger partial charge in [0, 0.05) is 23.7 Å². The normalized spacial score (nSPS) is 18.2. The van der Waals surface area contributed by atoms with E-state index in [1.807, 2.05) is 43.3 Å². The average molecular weight is 499 g/mol. The number of halogens is 2. The summed E-state index contributed by atoms with van der Waals surface area (Å²) in [7, 11) is 1.63. The maximum Gasteiger partial charge on any atom is 0.162 e. The molecule has 32 heavy (non-hydrogen) atoms. The second-order valence-corrected chi connectivity index (χ2v) is 8.29. The molecule has 2 atom stereocenters. The van der Waals surface area contributed by atoms with Crippen molar-refractivity contribution in [2.45, 2.75) is 25.6 Å². The van der Waals surface area contributed by atoms with Crippen molar-refractivity contribution in [3.05, 3.63) is 87.6 Å². The molecule has 1 heterocycles. The number of aliphatic imine (C=N–C) groups is 1. The van der Waals surface area contributed by atoms with Crippen molar-refractivity contribution in [3.63, 3.8) is 0 Å². The van der Waals surface area contributed by atoms with Gasteiger partial charge in [-0.2, -0.15) is 0 Å². The Morgan fingerprint density at radius 2 is 1.94 bits per heavy atom. The fourth-order valence-corrected chi connectivity index (χ4v) is 4.21. The molecule has 1 aliphatic heterocycles. The van der Waals surface area contributed by atoms with Gasteiger partial charge in [0.25, 0.3) is 0 Å². The highest BCUT2D eigenvalue weighted by Gasteiger charge is 2.29. The fourth-order valence-electron chi connectivity index (χ4n) is 3.81. The number of para-hydroxylation sites is 1. The number of rotatable bonds is 6. The number of methoxy groups -OCH3 is 1. The van der Waals surface area contributed by atoms with Gasteiger partial charge in [-0.05, 0) is 76.4 Å². The molecular weight excluding hydrogens is 475 g/mol. The van der Waals surface area contributed by atoms with Crippen LogP contribution in [0.25, 0.3) is 0 Å². The highest BCUT2D eigenvalue weighted by atomic mass is 79.9. The Morgan fingerprint density at radius 1 is 1.16 bits per heavy atom. The van der Waals surface area contributed by atoms with Crippen LogP contribution in [0.15, 0.2) is 70.1 Å². The lowest BCUT2D eigenvalue weighted by Gasteiger charge is -2.31. The van der Waals surface area contributed by atoms with Gasteiger partial charge in [0.2, 0.25) is 0 Å². The molecule has 0 aliphatic carbocycles. The molecule has 0 spiro atoms. The summed E-state index contributed by atoms with van der Waals surface area (Å²) in [4.78, 5) is 4.92. The molecule has 0 fully saturated rings. The third kappa shape index (κ3) is 4.64. The summed E-state index contributed by atoms with van der Waals surface area (Å²) in [6.45, 7) is 2.34. The van der Waals surface area contributed by atoms with E-state index in [0.29, 0.717) is 23.2 Å². The van der Waals surface area contributed by atoms with Crippen LogP contribution >= 0.6 is 15.9 Å². The first-order valence-electron chi connectivity index (χ1n) is 10.4. The van der Waals surface area contributed by atoms with Crippen molar-refractivity contribution in [1.82, 2.24) is 5.32 Å². The molecule has 1 aliphatic rings. The Bertz CT molecular complexity index is 1130. The van der Waals surface area contributed by atoms with Crippen LogP contribution in [0.3, 0.4) is 0 Å². The van der Waals surface area contributed by atoms with E-state index < -0.39 is 6.17 Å². The van der Waals surface area contributed by atoms with Gasteiger partial charge in [-0.25, -0.2) is 4.39 Å². The predicted molar refractivity (Wildman–Crippen MR) is 126 cm³/mol. The SMILES string of the molecule is CCOc1cccc(C2CC(c3ccc(OC)cc3)=NC(c3ccc(F)c(Br)c3)N2)c1O. The topological polar surface area (TPSA) is 63.1 Å². The first-order valence-corrected chi connectivity index (χ1v) is 11.2. The van der Waals surface area contributed by atoms with Gasteiger partial charge >= 0.3 is 0 Å². The summed E-state index contributed by atoms with van der Waals surface area (Å²) in [6, 6.07) is 17.8. The molecule has 7 heteroatoms. The zero-order valence-electron chi connectivity index (χ0n) is 17.8. The van der Waals surface area contributed by atoms with Gasteiger partial charge in [-0.1, -0.05) is 18.2 Å². The summed E-state index contributed by atoms with van der Waals surface area (Å²) in [6.07, 6.45) is 0.145. The van der Waals surface area contributed by atoms with E-state index in [1.165, 1.54) is 6.07 Å². The summed E-state index contributed by atoms with van der Waals surface area (Å²) in [5.41, 5.74) is 3.38. The number of phenolic OH excluding ortho intramolecular Hbond substituents is 1. The number of nitrogens with zero attached hydrogens (tertiary/aromatic N) is 1. The van der Waals surface area contributed by atoms with Gasteiger partial charge in [0.1, 0.15) is 17.7 Å². The maximum atomic E-state index is 13.8. The molecule has 2 N–H and O–H groups in total. The van der Waals surface area contributed by atoms with Crippen LogP contribution in [0.5, 0.6) is 17.2 Å². The predicted octanol–water partition coefficient (Wildman–Crippen LogP) is 5.92. The van der Waals surface area contributed by atoms with E-state index in [-0.39, 0.29) is 17.6 Å². The van der Waals surface area contributed by atoms with E-state index >= 15 is 0 Å². The second-order valence-electron chi connectivity index (χ2n) is 7.43. The number of hydrogen-bond donors (Lipinski definition) is 2. The number of ether oxygens (including phenoxy) is 2. The molecule has 2 unspecified atom stereocenters. The average Bonchev–Trinajstić information content (AvgIpc) is 2.82. The molecule has 0 radical (unpaired) electrons. The van der Waals surface area contributed by atoms with Crippen molar-refractivity contribution in [2.75, 3.05) is 13.7 Å². The van der Waals surface area contributed by atoms with Crippen LogP contribution < -0.4 is 14.8 Å². The Balaban J connectivity index is 1.75. The van der Waals surface area contributed by atoms with Crippen molar-refractivity contribution < 1.29 is 19.0 Å². The molecule has 3 aromatic carbocycles. The third-order valence-electron chi connectivity index (χ3n) is 5.43. The third-order valence-corrected chi connectivity index (χ3v) is 6.04. The van der Waals surface area contributed by atoms with Gasteiger partial charge in [-0.3, -0.25) is 10.3 Å². The van der Waals surface area contributed by atoms with Crippen molar-refractivity contribution >= 4 is 21.6 Å². The molecule has 166 valence electrons. The van der Waals surface area contributed by atoms with E-state index in [2.05, 4.69) is 21.2 Å². The zero-order valence-corrected chi connectivity index (χ0v) is 19.4. The molecule has 3 aromatic rings. The zero-order chi connectivity index (χ0) is 22.7. The minimum Gasteiger partial charge on any atom is -0.504 e. The summed E-state index contributed by atoms with van der Waals surface area (Å²) in [5.74, 6) is 0.992. The Kier molecular flexibility index (Phi) is 6.77. The second kappa shape index (κ2) is 9.71. The lowest BCUT2D eigenvalue weighted by Crippen LogP contribution is -2.33. The lowest BCUT2D eigenvalue weighted by molar-refractivity contribution is 0.313. The first-order chi connectivity index (χ1) is 15.5. The van der Waals surface area contributed by atoms with Crippen LogP contribution in [-0.2, 0) is 0 Å². The van der Waals surface area contributed by atoms with Gasteiger partial charge in [0.05, 0.1) is 18.2 Å². The van der Waals surface area contributed by atoms with Crippen molar-refractivity contribution in [2.24, 2.45) is 4.99 Å². The van der Waals surface area contributed by atoms with Gasteiger partial charge in [0.15, 0.2) is 11.5 Å². The molecule has 0 saturated heterocycles. The standard InChI is InChI=1S/C25H24BrFN2O3/c1-3-32-23-6-4-5-18(24(23)30)22-14-21(15-7-10-17(31-2)11-8-15)28-25(29-22)16-9-12-20(27)19(26)13-16/h4-13,22,25,29-30H,3,14H2,1-2H3. The lowest BCUT2D eigenvalue weighted by atomic mass is 9.93. The molecule has 0 amide bonds. The van der Waals surface area contributed by atoms with Gasteiger partial charge in [-0.15, -0.1) is 0 Å². The highest BCUT2D eigenvalue weighted by Crippen LogP contribution is 2.39. The minimum absolute atomic E-state index is 0.113. The molecule has 5 nitrogen and oxygen atoms in total. The summed E-state index contributed by atoms with van der Waals surface area (Å²) >= 11 is 3.27. The molecule has 4 rings (SSSR count). The van der Waals surface area contributed by atoms with E-state index in [0.717, 1.165) is 28.2 Å². The molecular formula is C25H24BrFN2O3. The quantitative estimate of drug-likeness (QED) is 0.442. The van der Waals surface area contributed by atoms with Crippen LogP contribution in [0, 0.1) is 5.82 Å². The minimum atomic E-state index is -0.419. The molecule has 0 bridgehead atoms. The monoisotopic (exact) mass is 498 g/mol. The largest absolute Gasteiger partial charge is 0.504 e. The van der Waals surface area contributed by atoms with Crippen LogP contribution in [0.4, 0.5) is 4.39 Å². The first kappa shape index (κ1) is 22.3. The highest BCUT2D eigenvalue weighted by molar-refractivity contribution is 9.10. The maximum absolute atomic E-state index is 13.8. The Hall–Kier alpha value is -2.90. The van der Waals surface area contributed by atoms with Gasteiger partial charge < -0.3 is 14.6 Å². The number of phenols is 1. The van der Waals surface area contributed by atoms with E-state index in [1.54, 1.807) is 25.3 Å². The number of aromatic hydroxyl groups is 1. The van der Waals surface area contributed by atoms with Crippen molar-refractivity contribution in [1.29, 1.82) is 0 Å².